The maximum Gasteiger partial charge on any atom is 0.247 e. The number of hydrogen-bond acceptors (Lipinski definition) is 3. The van der Waals surface area contributed by atoms with E-state index in [-0.39, 0.29) is 18.4 Å². The van der Waals surface area contributed by atoms with Crippen molar-refractivity contribution in [3.05, 3.63) is 35.9 Å². The summed E-state index contributed by atoms with van der Waals surface area (Å²) < 4.78 is 0. The summed E-state index contributed by atoms with van der Waals surface area (Å²) in [5, 5.41) is 0. The van der Waals surface area contributed by atoms with Crippen molar-refractivity contribution in [3.63, 3.8) is 0 Å². The summed E-state index contributed by atoms with van der Waals surface area (Å²) in [5.74, 6) is -0.243. The van der Waals surface area contributed by atoms with Gasteiger partial charge in [0.25, 0.3) is 0 Å². The highest BCUT2D eigenvalue weighted by Gasteiger charge is 2.36. The summed E-state index contributed by atoms with van der Waals surface area (Å²) in [7, 11) is 1.76. The van der Waals surface area contributed by atoms with Crippen molar-refractivity contribution in [3.8, 4) is 0 Å². The monoisotopic (exact) mass is 275 g/mol. The highest BCUT2D eigenvalue weighted by Crippen LogP contribution is 2.21. The molecule has 0 aromatic heterocycles. The molecule has 108 valence electrons. The van der Waals surface area contributed by atoms with E-state index in [9.17, 15) is 9.59 Å². The van der Waals surface area contributed by atoms with Gasteiger partial charge in [-0.2, -0.15) is 0 Å². The topological polar surface area (TPSA) is 66.6 Å². The van der Waals surface area contributed by atoms with E-state index < -0.39 is 5.54 Å². The number of hydrogen-bond donors (Lipinski definition) is 1. The van der Waals surface area contributed by atoms with Gasteiger partial charge in [0.15, 0.2) is 0 Å². The zero-order valence-electron chi connectivity index (χ0n) is 12.0. The molecular formula is C15H21N3O2. The highest BCUT2D eigenvalue weighted by molar-refractivity contribution is 5.91. The van der Waals surface area contributed by atoms with Crippen molar-refractivity contribution >= 4 is 11.8 Å². The van der Waals surface area contributed by atoms with Crippen molar-refractivity contribution in [1.82, 2.24) is 9.80 Å². The average Bonchev–Trinajstić information content (AvgIpc) is 2.61. The normalized spacial score (nSPS) is 19.4. The van der Waals surface area contributed by atoms with E-state index in [1.807, 2.05) is 30.3 Å². The second-order valence-corrected chi connectivity index (χ2v) is 5.46. The quantitative estimate of drug-likeness (QED) is 0.857. The molecule has 1 atom stereocenters. The maximum absolute atomic E-state index is 12.7. The minimum absolute atomic E-state index is 0.0419. The van der Waals surface area contributed by atoms with Crippen LogP contribution in [-0.2, 0) is 15.1 Å². The summed E-state index contributed by atoms with van der Waals surface area (Å²) in [5.41, 5.74) is 5.88. The zero-order valence-corrected chi connectivity index (χ0v) is 12.0. The third-order valence-corrected chi connectivity index (χ3v) is 3.78. The molecule has 0 radical (unpaired) electrons. The van der Waals surface area contributed by atoms with E-state index in [1.54, 1.807) is 23.8 Å². The van der Waals surface area contributed by atoms with Crippen LogP contribution in [0.5, 0.6) is 0 Å². The predicted octanol–water partition coefficient (Wildman–Crippen LogP) is 0.551. The molecule has 1 aromatic carbocycles. The Hall–Kier alpha value is -1.88. The Morgan fingerprint density at radius 1 is 1.25 bits per heavy atom. The second-order valence-electron chi connectivity index (χ2n) is 5.46. The van der Waals surface area contributed by atoms with Crippen molar-refractivity contribution in [2.24, 2.45) is 5.73 Å². The number of likely N-dealkylation sites (N-methyl/N-ethyl adjacent to an activating group) is 1. The fourth-order valence-electron chi connectivity index (χ4n) is 2.40. The minimum atomic E-state index is -1.11. The van der Waals surface area contributed by atoms with Crippen molar-refractivity contribution in [2.45, 2.75) is 18.9 Å². The first-order valence-corrected chi connectivity index (χ1v) is 6.80. The van der Waals surface area contributed by atoms with Crippen LogP contribution in [0, 0.1) is 0 Å². The molecule has 1 aliphatic heterocycles. The third kappa shape index (κ3) is 2.82. The Bertz CT molecular complexity index is 499. The van der Waals surface area contributed by atoms with Crippen LogP contribution in [0.25, 0.3) is 0 Å². The summed E-state index contributed by atoms with van der Waals surface area (Å²) in [4.78, 5) is 27.8. The van der Waals surface area contributed by atoms with Gasteiger partial charge in [-0.3, -0.25) is 9.59 Å². The Morgan fingerprint density at radius 2 is 1.90 bits per heavy atom. The molecule has 5 heteroatoms. The summed E-state index contributed by atoms with van der Waals surface area (Å²) in [6.07, 6.45) is 0.777. The number of nitrogens with zero attached hydrogens (tertiary/aromatic N) is 2. The summed E-state index contributed by atoms with van der Waals surface area (Å²) in [6, 6.07) is 9.27. The Kier molecular flexibility index (Phi) is 4.09. The molecule has 0 spiro atoms. The van der Waals surface area contributed by atoms with E-state index >= 15 is 0 Å². The van der Waals surface area contributed by atoms with Crippen molar-refractivity contribution in [1.29, 1.82) is 0 Å². The number of amides is 2. The molecule has 1 aromatic rings. The van der Waals surface area contributed by atoms with Crippen LogP contribution in [0.2, 0.25) is 0 Å². The highest BCUT2D eigenvalue weighted by atomic mass is 16.2. The zero-order chi connectivity index (χ0) is 14.8. The van der Waals surface area contributed by atoms with Crippen LogP contribution in [-0.4, -0.2) is 48.3 Å². The molecule has 1 saturated heterocycles. The van der Waals surface area contributed by atoms with Crippen LogP contribution in [0.1, 0.15) is 18.9 Å². The van der Waals surface area contributed by atoms with E-state index in [0.717, 1.165) is 12.0 Å². The van der Waals surface area contributed by atoms with Gasteiger partial charge in [0, 0.05) is 20.1 Å². The molecule has 0 saturated carbocycles. The Labute approximate surface area is 119 Å². The molecular weight excluding hydrogens is 254 g/mol. The predicted molar refractivity (Wildman–Crippen MR) is 76.8 cm³/mol. The van der Waals surface area contributed by atoms with Gasteiger partial charge in [0.2, 0.25) is 11.8 Å². The number of carbonyl (C=O) groups is 2. The number of benzene rings is 1. The molecule has 0 bridgehead atoms. The lowest BCUT2D eigenvalue weighted by atomic mass is 9.91. The lowest BCUT2D eigenvalue weighted by Crippen LogP contribution is -2.52. The van der Waals surface area contributed by atoms with E-state index in [0.29, 0.717) is 13.1 Å². The molecule has 2 amide bonds. The largest absolute Gasteiger partial charge is 0.344 e. The lowest BCUT2D eigenvalue weighted by Gasteiger charge is -2.31. The molecule has 1 unspecified atom stereocenters. The molecule has 2 N–H and O–H groups in total. The SMILES string of the molecule is CN1CCCN(C(=O)C(C)(N)c2ccccc2)CC1=O. The van der Waals surface area contributed by atoms with Gasteiger partial charge < -0.3 is 15.5 Å². The van der Waals surface area contributed by atoms with E-state index in [4.69, 9.17) is 5.73 Å². The van der Waals surface area contributed by atoms with Crippen LogP contribution in [0.4, 0.5) is 0 Å². The van der Waals surface area contributed by atoms with E-state index in [1.165, 1.54) is 0 Å². The molecule has 5 nitrogen and oxygen atoms in total. The molecule has 1 aliphatic rings. The van der Waals surface area contributed by atoms with Crippen LogP contribution >= 0.6 is 0 Å². The van der Waals surface area contributed by atoms with Gasteiger partial charge in [-0.05, 0) is 18.9 Å². The lowest BCUT2D eigenvalue weighted by molar-refractivity contribution is -0.141. The molecule has 1 fully saturated rings. The van der Waals surface area contributed by atoms with Crippen molar-refractivity contribution < 1.29 is 9.59 Å². The first-order chi connectivity index (χ1) is 9.43. The van der Waals surface area contributed by atoms with Crippen molar-refractivity contribution in [2.75, 3.05) is 26.7 Å². The Morgan fingerprint density at radius 3 is 2.55 bits per heavy atom. The van der Waals surface area contributed by atoms with Crippen LogP contribution < -0.4 is 5.73 Å². The van der Waals surface area contributed by atoms with Gasteiger partial charge in [-0.15, -0.1) is 0 Å². The van der Waals surface area contributed by atoms with Crippen LogP contribution in [0.15, 0.2) is 30.3 Å². The fourth-order valence-corrected chi connectivity index (χ4v) is 2.40. The first kappa shape index (κ1) is 14.5. The molecule has 1 heterocycles. The summed E-state index contributed by atoms with van der Waals surface area (Å²) >= 11 is 0. The van der Waals surface area contributed by atoms with Gasteiger partial charge in [0.05, 0.1) is 6.54 Å². The van der Waals surface area contributed by atoms with Gasteiger partial charge in [-0.25, -0.2) is 0 Å². The molecule has 2 rings (SSSR count). The summed E-state index contributed by atoms with van der Waals surface area (Å²) in [6.45, 7) is 3.04. The minimum Gasteiger partial charge on any atom is -0.344 e. The van der Waals surface area contributed by atoms with Gasteiger partial charge in [-0.1, -0.05) is 30.3 Å². The first-order valence-electron chi connectivity index (χ1n) is 6.80. The van der Waals surface area contributed by atoms with Crippen LogP contribution in [0.3, 0.4) is 0 Å². The number of nitrogens with two attached hydrogens (primary N) is 1. The second kappa shape index (κ2) is 5.63. The Balaban J connectivity index is 2.20. The molecule has 0 aliphatic carbocycles. The fraction of sp³-hybridized carbons (Fsp3) is 0.467. The van der Waals surface area contributed by atoms with Gasteiger partial charge >= 0.3 is 0 Å². The number of rotatable bonds is 2. The third-order valence-electron chi connectivity index (χ3n) is 3.78. The van der Waals surface area contributed by atoms with Gasteiger partial charge in [0.1, 0.15) is 5.54 Å². The number of carbonyl (C=O) groups excluding carboxylic acids is 2. The molecule has 20 heavy (non-hydrogen) atoms. The smallest absolute Gasteiger partial charge is 0.247 e. The standard InChI is InChI=1S/C15H21N3O2/c1-15(16,12-7-4-3-5-8-12)14(20)18-10-6-9-17(2)13(19)11-18/h3-5,7-8H,6,9-11,16H2,1-2H3. The average molecular weight is 275 g/mol. The maximum atomic E-state index is 12.7. The van der Waals surface area contributed by atoms with E-state index in [2.05, 4.69) is 0 Å².